The number of hydrogen-bond acceptors (Lipinski definition) is 5. The average molecular weight is 443 g/mol. The first-order valence-electron chi connectivity index (χ1n) is 11.5. The predicted octanol–water partition coefficient (Wildman–Crippen LogP) is 6.37. The van der Waals surface area contributed by atoms with E-state index >= 15 is 0 Å². The van der Waals surface area contributed by atoms with Crippen LogP contribution < -0.4 is 9.47 Å². The molecule has 5 nitrogen and oxygen atoms in total. The summed E-state index contributed by atoms with van der Waals surface area (Å²) < 4.78 is 18.0. The molecule has 0 amide bonds. The van der Waals surface area contributed by atoms with E-state index in [0.717, 1.165) is 48.8 Å². The lowest BCUT2D eigenvalue weighted by atomic mass is 9.85. The summed E-state index contributed by atoms with van der Waals surface area (Å²) in [5, 5.41) is 0. The number of ether oxygens (including phenoxy) is 3. The summed E-state index contributed by atoms with van der Waals surface area (Å²) in [4.78, 5) is 25.9. The second-order valence-electron chi connectivity index (χ2n) is 8.49. The molecular weight excluding hydrogens is 416 g/mol. The molecule has 0 aliphatic carbocycles. The minimum Gasteiger partial charge on any atom is -0.419 e. The summed E-state index contributed by atoms with van der Waals surface area (Å²) >= 11 is 0. The van der Waals surface area contributed by atoms with Gasteiger partial charge in [-0.3, -0.25) is 0 Å². The van der Waals surface area contributed by atoms with Gasteiger partial charge >= 0.3 is 11.9 Å². The Bertz CT molecular complexity index is 1170. The van der Waals surface area contributed by atoms with E-state index in [1.165, 1.54) is 0 Å². The maximum atomic E-state index is 13.0. The van der Waals surface area contributed by atoms with Crippen LogP contribution in [0.3, 0.4) is 0 Å². The van der Waals surface area contributed by atoms with Gasteiger partial charge in [-0.2, -0.15) is 0 Å². The second-order valence-corrected chi connectivity index (χ2v) is 8.49. The van der Waals surface area contributed by atoms with Crippen molar-refractivity contribution in [2.45, 2.75) is 51.2 Å². The lowest BCUT2D eigenvalue weighted by Gasteiger charge is -2.22. The molecule has 0 N–H and O–H groups in total. The van der Waals surface area contributed by atoms with E-state index in [9.17, 15) is 9.59 Å². The lowest BCUT2D eigenvalue weighted by molar-refractivity contribution is 0.0680. The molecule has 5 rings (SSSR count). The molecule has 3 aromatic rings. The number of rotatable bonds is 7. The Balaban J connectivity index is 1.59. The van der Waals surface area contributed by atoms with Gasteiger partial charge < -0.3 is 14.2 Å². The molecule has 0 radical (unpaired) electrons. The molecule has 2 aliphatic heterocycles. The fourth-order valence-electron chi connectivity index (χ4n) is 4.70. The fraction of sp³-hybridized carbons (Fsp3) is 0.286. The van der Waals surface area contributed by atoms with Crippen LogP contribution in [0, 0.1) is 0 Å². The summed E-state index contributed by atoms with van der Waals surface area (Å²) in [5.41, 5.74) is 3.95. The van der Waals surface area contributed by atoms with Crippen molar-refractivity contribution in [3.63, 3.8) is 0 Å². The zero-order valence-electron chi connectivity index (χ0n) is 18.6. The van der Waals surface area contributed by atoms with Crippen molar-refractivity contribution >= 4 is 11.9 Å². The summed E-state index contributed by atoms with van der Waals surface area (Å²) in [6, 6.07) is 19.5. The molecule has 2 aliphatic rings. The van der Waals surface area contributed by atoms with Crippen LogP contribution in [-0.2, 0) is 11.2 Å². The van der Waals surface area contributed by atoms with Gasteiger partial charge in [-0.25, -0.2) is 9.59 Å². The van der Waals surface area contributed by atoms with Gasteiger partial charge in [-0.1, -0.05) is 49.7 Å². The second kappa shape index (κ2) is 9.20. The highest BCUT2D eigenvalue weighted by atomic mass is 16.6. The van der Waals surface area contributed by atoms with Gasteiger partial charge in [0.15, 0.2) is 11.5 Å². The van der Waals surface area contributed by atoms with Crippen LogP contribution in [0.25, 0.3) is 0 Å². The molecule has 33 heavy (non-hydrogen) atoms. The minimum absolute atomic E-state index is 0.00145. The Hall–Kier alpha value is -3.44. The van der Waals surface area contributed by atoms with E-state index in [1.54, 1.807) is 48.5 Å². The fourth-order valence-corrected chi connectivity index (χ4v) is 4.70. The first-order valence-corrected chi connectivity index (χ1v) is 11.5. The van der Waals surface area contributed by atoms with Gasteiger partial charge in [0.1, 0.15) is 0 Å². The van der Waals surface area contributed by atoms with Crippen molar-refractivity contribution in [1.29, 1.82) is 0 Å². The van der Waals surface area contributed by atoms with Crippen molar-refractivity contribution in [2.24, 2.45) is 0 Å². The highest BCUT2D eigenvalue weighted by molar-refractivity contribution is 5.93. The number of esters is 2. The van der Waals surface area contributed by atoms with E-state index in [-0.39, 0.29) is 18.0 Å². The molecular formula is C28H26O5. The highest BCUT2D eigenvalue weighted by Crippen LogP contribution is 2.55. The molecule has 0 aromatic heterocycles. The van der Waals surface area contributed by atoms with Crippen molar-refractivity contribution in [3.05, 3.63) is 94.5 Å². The van der Waals surface area contributed by atoms with Crippen LogP contribution in [0.15, 0.2) is 66.7 Å². The van der Waals surface area contributed by atoms with E-state index < -0.39 is 11.9 Å². The zero-order valence-corrected chi connectivity index (χ0v) is 18.6. The van der Waals surface area contributed by atoms with Crippen LogP contribution in [0.5, 0.6) is 11.5 Å². The molecule has 2 unspecified atom stereocenters. The Labute approximate surface area is 193 Å². The lowest BCUT2D eigenvalue weighted by Crippen LogP contribution is -2.16. The van der Waals surface area contributed by atoms with Crippen molar-refractivity contribution in [1.82, 2.24) is 0 Å². The third kappa shape index (κ3) is 4.16. The zero-order chi connectivity index (χ0) is 22.8. The summed E-state index contributed by atoms with van der Waals surface area (Å²) in [5.74, 6) is -0.363. The van der Waals surface area contributed by atoms with Gasteiger partial charge in [-0.15, -0.1) is 0 Å². The Morgan fingerprint density at radius 1 is 0.879 bits per heavy atom. The Kier molecular flexibility index (Phi) is 5.97. The van der Waals surface area contributed by atoms with Crippen LogP contribution in [0.2, 0.25) is 0 Å². The van der Waals surface area contributed by atoms with Crippen molar-refractivity contribution < 1.29 is 23.8 Å². The first-order chi connectivity index (χ1) is 16.2. The van der Waals surface area contributed by atoms with Gasteiger partial charge in [0.05, 0.1) is 23.3 Å². The number of benzene rings is 3. The quantitative estimate of drug-likeness (QED) is 0.314. The maximum Gasteiger partial charge on any atom is 0.343 e. The Morgan fingerprint density at radius 3 is 2.12 bits per heavy atom. The van der Waals surface area contributed by atoms with Crippen LogP contribution in [0.4, 0.5) is 0 Å². The third-order valence-electron chi connectivity index (χ3n) is 6.31. The van der Waals surface area contributed by atoms with E-state index in [0.29, 0.717) is 16.9 Å². The molecule has 5 heteroatoms. The number of unbranched alkanes of at least 4 members (excludes halogenated alkanes) is 1. The van der Waals surface area contributed by atoms with Gasteiger partial charge in [0.2, 0.25) is 0 Å². The SMILES string of the molecule is CCCCc1c(OC(=O)c2ccccc2)c(OC(=O)c2ccccc2)cc2c1C1CCC2O1. The molecule has 2 heterocycles. The van der Waals surface area contributed by atoms with Gasteiger partial charge in [0.25, 0.3) is 0 Å². The molecule has 2 bridgehead atoms. The molecule has 1 fully saturated rings. The molecule has 168 valence electrons. The van der Waals surface area contributed by atoms with Gasteiger partial charge in [0, 0.05) is 5.56 Å². The highest BCUT2D eigenvalue weighted by Gasteiger charge is 2.42. The van der Waals surface area contributed by atoms with Crippen molar-refractivity contribution in [3.8, 4) is 11.5 Å². The number of carbonyl (C=O) groups excluding carboxylic acids is 2. The first kappa shape index (κ1) is 21.4. The van der Waals surface area contributed by atoms with Crippen LogP contribution in [0.1, 0.15) is 82.2 Å². The standard InChI is InChI=1S/C28H26O5/c1-2-3-14-20-25-21(22-15-16-23(25)31-22)17-24(32-27(29)18-10-6-4-7-11-18)26(20)33-28(30)19-12-8-5-9-13-19/h4-13,17,22-23H,2-3,14-16H2,1H3. The number of carbonyl (C=O) groups is 2. The van der Waals surface area contributed by atoms with Crippen LogP contribution >= 0.6 is 0 Å². The third-order valence-corrected chi connectivity index (χ3v) is 6.31. The summed E-state index contributed by atoms with van der Waals surface area (Å²) in [6.45, 7) is 2.12. The molecule has 3 aromatic carbocycles. The molecule has 1 saturated heterocycles. The predicted molar refractivity (Wildman–Crippen MR) is 124 cm³/mol. The number of fused-ring (bicyclic) bond motifs is 5. The maximum absolute atomic E-state index is 13.0. The molecule has 0 spiro atoms. The summed E-state index contributed by atoms with van der Waals surface area (Å²) in [7, 11) is 0. The smallest absolute Gasteiger partial charge is 0.343 e. The van der Waals surface area contributed by atoms with Crippen LogP contribution in [-0.4, -0.2) is 11.9 Å². The monoisotopic (exact) mass is 442 g/mol. The average Bonchev–Trinajstić information content (AvgIpc) is 3.47. The largest absolute Gasteiger partial charge is 0.419 e. The normalized spacial score (nSPS) is 18.1. The Morgan fingerprint density at radius 2 is 1.48 bits per heavy atom. The molecule has 2 atom stereocenters. The van der Waals surface area contributed by atoms with E-state index in [1.807, 2.05) is 18.2 Å². The molecule has 0 saturated carbocycles. The summed E-state index contributed by atoms with van der Waals surface area (Å²) in [6.07, 6.45) is 4.54. The van der Waals surface area contributed by atoms with E-state index in [4.69, 9.17) is 14.2 Å². The van der Waals surface area contributed by atoms with Gasteiger partial charge in [-0.05, 0) is 67.1 Å². The minimum atomic E-state index is -0.488. The topological polar surface area (TPSA) is 61.8 Å². The van der Waals surface area contributed by atoms with Crippen molar-refractivity contribution in [2.75, 3.05) is 0 Å². The van der Waals surface area contributed by atoms with E-state index in [2.05, 4.69) is 6.92 Å². The number of hydrogen-bond donors (Lipinski definition) is 0.